The normalized spacial score (nSPS) is 19.9. The van der Waals surface area contributed by atoms with Crippen molar-refractivity contribution in [3.05, 3.63) is 98.5 Å². The van der Waals surface area contributed by atoms with Gasteiger partial charge in [-0.1, -0.05) is 29.8 Å². The second kappa shape index (κ2) is 8.03. The van der Waals surface area contributed by atoms with Gasteiger partial charge < -0.3 is 14.7 Å². The number of hydrogen-bond acceptors (Lipinski definition) is 6. The van der Waals surface area contributed by atoms with Crippen LogP contribution in [0.3, 0.4) is 0 Å². The van der Waals surface area contributed by atoms with Crippen molar-refractivity contribution in [3.8, 4) is 27.3 Å². The molecule has 7 rings (SSSR count). The maximum Gasteiger partial charge on any atom is 0.278 e. The number of hydrogen-bond donors (Lipinski definition) is 1. The molecule has 2 atom stereocenters. The Labute approximate surface area is 215 Å². The van der Waals surface area contributed by atoms with Gasteiger partial charge in [-0.2, -0.15) is 0 Å². The van der Waals surface area contributed by atoms with Crippen LogP contribution in [0.1, 0.15) is 33.2 Å². The number of nitrogens with zero attached hydrogens (tertiary/aromatic N) is 3. The highest BCUT2D eigenvalue weighted by atomic mass is 32.1. The molecule has 4 heterocycles. The van der Waals surface area contributed by atoms with Gasteiger partial charge >= 0.3 is 0 Å². The van der Waals surface area contributed by atoms with Crippen molar-refractivity contribution < 1.29 is 19.0 Å². The molecule has 37 heavy (non-hydrogen) atoms. The van der Waals surface area contributed by atoms with Gasteiger partial charge in [-0.05, 0) is 52.8 Å². The largest absolute Gasteiger partial charge is 0.502 e. The monoisotopic (exact) mass is 515 g/mol. The molecule has 4 aromatic rings. The molecule has 3 aliphatic rings. The fraction of sp³-hybridized carbons (Fsp3) is 0.214. The summed E-state index contributed by atoms with van der Waals surface area (Å²) in [6.07, 6.45) is 1.02. The number of amides is 1. The average molecular weight is 516 g/mol. The van der Waals surface area contributed by atoms with Gasteiger partial charge in [0.05, 0.1) is 19.3 Å². The zero-order valence-corrected chi connectivity index (χ0v) is 20.7. The Morgan fingerprint density at radius 2 is 1.84 bits per heavy atom. The van der Waals surface area contributed by atoms with Gasteiger partial charge in [0.2, 0.25) is 5.43 Å². The van der Waals surface area contributed by atoms with E-state index in [2.05, 4.69) is 12.1 Å². The lowest BCUT2D eigenvalue weighted by Gasteiger charge is -2.51. The molecule has 0 radical (unpaired) electrons. The number of aryl methyl sites for hydroxylation is 1. The molecule has 2 aromatic heterocycles. The Kier molecular flexibility index (Phi) is 4.83. The van der Waals surface area contributed by atoms with E-state index < -0.39 is 29.3 Å². The van der Waals surface area contributed by atoms with E-state index in [-0.39, 0.29) is 18.1 Å². The lowest BCUT2D eigenvalue weighted by atomic mass is 9.91. The fourth-order valence-corrected chi connectivity index (χ4v) is 6.77. The maximum atomic E-state index is 14.7. The number of carbonyl (C=O) groups excluding carboxylic acids is 1. The van der Waals surface area contributed by atoms with Crippen LogP contribution in [0.5, 0.6) is 5.75 Å². The van der Waals surface area contributed by atoms with Gasteiger partial charge in [0, 0.05) is 29.2 Å². The van der Waals surface area contributed by atoms with E-state index in [0.717, 1.165) is 38.3 Å². The Morgan fingerprint density at radius 1 is 1.03 bits per heavy atom. The van der Waals surface area contributed by atoms with Crippen LogP contribution in [0.2, 0.25) is 0 Å². The molecule has 1 fully saturated rings. The number of pyridine rings is 1. The SMILES string of the molecule is Cc1ccc2c(c1)-c1sccc1-c1cc(F)ccc1[C@H]2N1[C@@H]2COCCN2C(=O)c2c(O)c(=O)ccn21. The van der Waals surface area contributed by atoms with Gasteiger partial charge in [-0.15, -0.1) is 11.3 Å². The van der Waals surface area contributed by atoms with E-state index >= 15 is 0 Å². The summed E-state index contributed by atoms with van der Waals surface area (Å²) in [5.41, 5.74) is 4.96. The lowest BCUT2D eigenvalue weighted by molar-refractivity contribution is -0.0196. The lowest BCUT2D eigenvalue weighted by Crippen LogP contribution is -2.66. The molecule has 186 valence electrons. The molecule has 1 amide bonds. The quantitative estimate of drug-likeness (QED) is 0.410. The minimum Gasteiger partial charge on any atom is -0.502 e. The van der Waals surface area contributed by atoms with Gasteiger partial charge in [0.1, 0.15) is 12.0 Å². The molecule has 1 aliphatic carbocycles. The van der Waals surface area contributed by atoms with Crippen molar-refractivity contribution in [1.82, 2.24) is 9.58 Å². The summed E-state index contributed by atoms with van der Waals surface area (Å²) in [4.78, 5) is 28.6. The minimum absolute atomic E-state index is 0.0815. The van der Waals surface area contributed by atoms with E-state index in [1.807, 2.05) is 29.4 Å². The van der Waals surface area contributed by atoms with Crippen molar-refractivity contribution in [2.75, 3.05) is 24.8 Å². The van der Waals surface area contributed by atoms with Crippen molar-refractivity contribution in [2.24, 2.45) is 0 Å². The highest BCUT2D eigenvalue weighted by molar-refractivity contribution is 7.14. The van der Waals surface area contributed by atoms with Crippen molar-refractivity contribution in [1.29, 1.82) is 0 Å². The molecule has 0 bridgehead atoms. The summed E-state index contributed by atoms with van der Waals surface area (Å²) < 4.78 is 22.1. The first kappa shape index (κ1) is 22.3. The number of morpholine rings is 1. The van der Waals surface area contributed by atoms with Gasteiger partial charge in [0.25, 0.3) is 5.91 Å². The number of ether oxygens (including phenoxy) is 1. The predicted molar refractivity (Wildman–Crippen MR) is 138 cm³/mol. The molecule has 0 spiro atoms. The van der Waals surface area contributed by atoms with E-state index in [1.165, 1.54) is 18.3 Å². The Bertz CT molecular complexity index is 1590. The zero-order valence-electron chi connectivity index (χ0n) is 19.8. The number of thiophene rings is 1. The summed E-state index contributed by atoms with van der Waals surface area (Å²) in [6, 6.07) is 13.8. The minimum atomic E-state index is -0.618. The second-order valence-corrected chi connectivity index (χ2v) is 10.5. The Morgan fingerprint density at radius 3 is 2.70 bits per heavy atom. The van der Waals surface area contributed by atoms with Crippen LogP contribution < -0.4 is 10.4 Å². The highest BCUT2D eigenvalue weighted by Crippen LogP contribution is 2.50. The Balaban J connectivity index is 1.58. The molecular formula is C28H22FN3O4S. The topological polar surface area (TPSA) is 75.0 Å². The summed E-state index contributed by atoms with van der Waals surface area (Å²) >= 11 is 1.60. The van der Waals surface area contributed by atoms with Gasteiger partial charge in [-0.3, -0.25) is 19.3 Å². The molecule has 0 unspecified atom stereocenters. The molecular weight excluding hydrogens is 493 g/mol. The predicted octanol–water partition coefficient (Wildman–Crippen LogP) is 4.25. The number of aromatic hydroxyl groups is 1. The third-order valence-electron chi connectivity index (χ3n) is 7.45. The number of carbonyl (C=O) groups is 1. The molecule has 1 N–H and O–H groups in total. The molecule has 1 saturated heterocycles. The van der Waals surface area contributed by atoms with Gasteiger partial charge in [0.15, 0.2) is 11.4 Å². The van der Waals surface area contributed by atoms with E-state index in [0.29, 0.717) is 13.2 Å². The van der Waals surface area contributed by atoms with E-state index in [9.17, 15) is 19.1 Å². The smallest absolute Gasteiger partial charge is 0.278 e. The fourth-order valence-electron chi connectivity index (χ4n) is 5.82. The summed E-state index contributed by atoms with van der Waals surface area (Å²) in [5, 5.41) is 14.8. The summed E-state index contributed by atoms with van der Waals surface area (Å²) in [6.45, 7) is 2.95. The third kappa shape index (κ3) is 3.14. The first-order valence-corrected chi connectivity index (χ1v) is 12.9. The van der Waals surface area contributed by atoms with Crippen LogP contribution in [-0.4, -0.2) is 46.5 Å². The second-order valence-electron chi connectivity index (χ2n) is 9.54. The van der Waals surface area contributed by atoms with Crippen molar-refractivity contribution in [3.63, 3.8) is 0 Å². The Hall–Kier alpha value is -3.95. The van der Waals surface area contributed by atoms with Crippen LogP contribution in [0, 0.1) is 12.7 Å². The van der Waals surface area contributed by atoms with Crippen molar-refractivity contribution >= 4 is 17.2 Å². The number of rotatable bonds is 1. The van der Waals surface area contributed by atoms with Crippen LogP contribution >= 0.6 is 11.3 Å². The highest BCUT2D eigenvalue weighted by Gasteiger charge is 2.46. The number of halogens is 1. The first-order valence-electron chi connectivity index (χ1n) is 12.0. The maximum absolute atomic E-state index is 14.7. The third-order valence-corrected chi connectivity index (χ3v) is 8.40. The molecule has 7 nitrogen and oxygen atoms in total. The first-order chi connectivity index (χ1) is 17.9. The van der Waals surface area contributed by atoms with Crippen molar-refractivity contribution in [2.45, 2.75) is 19.1 Å². The summed E-state index contributed by atoms with van der Waals surface area (Å²) in [5.74, 6) is -1.34. The molecule has 2 aromatic carbocycles. The van der Waals surface area contributed by atoms with E-state index in [4.69, 9.17) is 4.74 Å². The van der Waals surface area contributed by atoms with E-state index in [1.54, 1.807) is 33.0 Å². The van der Waals surface area contributed by atoms with Crippen LogP contribution in [-0.2, 0) is 4.74 Å². The van der Waals surface area contributed by atoms with Gasteiger partial charge in [-0.25, -0.2) is 4.39 Å². The average Bonchev–Trinajstić information content (AvgIpc) is 3.35. The number of benzene rings is 2. The zero-order chi connectivity index (χ0) is 25.4. The van der Waals surface area contributed by atoms with Crippen LogP contribution in [0.4, 0.5) is 4.39 Å². The molecule has 2 aliphatic heterocycles. The number of aromatic nitrogens is 1. The molecule has 9 heteroatoms. The summed E-state index contributed by atoms with van der Waals surface area (Å²) in [7, 11) is 0. The number of fused-ring (bicyclic) bond motifs is 7. The van der Waals surface area contributed by atoms with Crippen LogP contribution in [0.15, 0.2) is 64.9 Å². The van der Waals surface area contributed by atoms with Crippen LogP contribution in [0.25, 0.3) is 21.6 Å². The molecule has 0 saturated carbocycles. The standard InChI is InChI=1S/C28H22FN3O4S/c1-15-2-4-18-21(12-15)27-19(7-11-37-27)20-13-16(29)3-5-17(20)24(18)32-23-14-36-10-9-30(23)28(35)25-26(34)22(33)6-8-31(25)32/h2-8,11-13,23-24,34H,9-10,14H2,1H3/t23-,24-/m1/s1.